The second kappa shape index (κ2) is 7.06. The second-order valence-electron chi connectivity index (χ2n) is 5.70. The van der Waals surface area contributed by atoms with Crippen molar-refractivity contribution in [3.63, 3.8) is 0 Å². The SMILES string of the molecule is O=CNc1cccc2[nH]c(-c3cnccc3OCc3ccccc3)nc12. The third-order valence-electron chi connectivity index (χ3n) is 4.00. The van der Waals surface area contributed by atoms with Gasteiger partial charge in [-0.25, -0.2) is 4.98 Å². The molecule has 0 spiro atoms. The lowest BCUT2D eigenvalue weighted by molar-refractivity contribution is -0.105. The number of benzene rings is 2. The minimum absolute atomic E-state index is 0.454. The van der Waals surface area contributed by atoms with Crippen molar-refractivity contribution in [2.45, 2.75) is 6.61 Å². The maximum absolute atomic E-state index is 10.8. The summed E-state index contributed by atoms with van der Waals surface area (Å²) in [6.07, 6.45) is 4.04. The summed E-state index contributed by atoms with van der Waals surface area (Å²) in [4.78, 5) is 22.9. The molecule has 0 radical (unpaired) electrons. The van der Waals surface area contributed by atoms with E-state index in [0.717, 1.165) is 16.6 Å². The minimum atomic E-state index is 0.454. The third-order valence-corrected chi connectivity index (χ3v) is 4.00. The standard InChI is InChI=1S/C20H16N4O2/c25-13-22-16-7-4-8-17-19(16)24-20(23-17)15-11-21-10-9-18(15)26-12-14-5-2-1-3-6-14/h1-11,13H,12H2,(H,22,25)(H,23,24). The minimum Gasteiger partial charge on any atom is -0.488 e. The molecule has 2 N–H and O–H groups in total. The number of H-pyrrole nitrogens is 1. The number of pyridine rings is 1. The zero-order valence-corrected chi connectivity index (χ0v) is 13.8. The monoisotopic (exact) mass is 344 g/mol. The largest absolute Gasteiger partial charge is 0.488 e. The molecule has 0 aliphatic carbocycles. The number of ether oxygens (including phenoxy) is 1. The van der Waals surface area contributed by atoms with Crippen molar-refractivity contribution < 1.29 is 9.53 Å². The molecule has 128 valence electrons. The fraction of sp³-hybridized carbons (Fsp3) is 0.0500. The van der Waals surface area contributed by atoms with Crippen LogP contribution in [0.3, 0.4) is 0 Å². The topological polar surface area (TPSA) is 79.9 Å². The highest BCUT2D eigenvalue weighted by Crippen LogP contribution is 2.31. The van der Waals surface area contributed by atoms with Crippen LogP contribution in [-0.4, -0.2) is 21.4 Å². The molecule has 1 amide bonds. The number of anilines is 1. The number of fused-ring (bicyclic) bond motifs is 1. The van der Waals surface area contributed by atoms with E-state index < -0.39 is 0 Å². The fourth-order valence-corrected chi connectivity index (χ4v) is 2.76. The van der Waals surface area contributed by atoms with Crippen molar-refractivity contribution in [2.24, 2.45) is 0 Å². The quantitative estimate of drug-likeness (QED) is 0.522. The molecule has 0 aliphatic rings. The summed E-state index contributed by atoms with van der Waals surface area (Å²) in [5.41, 5.74) is 4.00. The highest BCUT2D eigenvalue weighted by Gasteiger charge is 2.13. The molecule has 0 aliphatic heterocycles. The molecule has 6 heteroatoms. The number of imidazole rings is 1. The van der Waals surface area contributed by atoms with Crippen LogP contribution in [0.25, 0.3) is 22.4 Å². The molecule has 26 heavy (non-hydrogen) atoms. The van der Waals surface area contributed by atoms with Crippen molar-refractivity contribution >= 4 is 23.1 Å². The first-order valence-corrected chi connectivity index (χ1v) is 8.15. The second-order valence-corrected chi connectivity index (χ2v) is 5.70. The summed E-state index contributed by atoms with van der Waals surface area (Å²) in [5.74, 6) is 1.32. The lowest BCUT2D eigenvalue weighted by Gasteiger charge is -2.09. The Labute approximate surface area is 149 Å². The van der Waals surface area contributed by atoms with Gasteiger partial charge >= 0.3 is 0 Å². The summed E-state index contributed by atoms with van der Waals surface area (Å²) >= 11 is 0. The first-order chi connectivity index (χ1) is 12.8. The van der Waals surface area contributed by atoms with Crippen molar-refractivity contribution in [2.75, 3.05) is 5.32 Å². The molecule has 0 bridgehead atoms. The number of nitrogens with one attached hydrogen (secondary N) is 2. The molecule has 2 heterocycles. The molecule has 2 aromatic heterocycles. The predicted octanol–water partition coefficient (Wildman–Crippen LogP) is 3.77. The van der Waals surface area contributed by atoms with Crippen molar-refractivity contribution in [3.05, 3.63) is 72.6 Å². The van der Waals surface area contributed by atoms with Crippen LogP contribution in [0, 0.1) is 0 Å². The normalized spacial score (nSPS) is 10.6. The van der Waals surface area contributed by atoms with Gasteiger partial charge in [0.15, 0.2) is 0 Å². The molecular formula is C20H16N4O2. The number of nitrogens with zero attached hydrogens (tertiary/aromatic N) is 2. The molecule has 4 rings (SSSR count). The van der Waals surface area contributed by atoms with Gasteiger partial charge in [-0.2, -0.15) is 0 Å². The summed E-state index contributed by atoms with van der Waals surface area (Å²) in [6, 6.07) is 17.3. The number of carbonyl (C=O) groups is 1. The molecule has 0 unspecified atom stereocenters. The van der Waals surface area contributed by atoms with Gasteiger partial charge in [0, 0.05) is 12.4 Å². The maximum atomic E-state index is 10.8. The Morgan fingerprint density at radius 1 is 1.08 bits per heavy atom. The van der Waals surface area contributed by atoms with Crippen molar-refractivity contribution in [1.82, 2.24) is 15.0 Å². The molecular weight excluding hydrogens is 328 g/mol. The Morgan fingerprint density at radius 3 is 2.81 bits per heavy atom. The predicted molar refractivity (Wildman–Crippen MR) is 99.8 cm³/mol. The zero-order chi connectivity index (χ0) is 17.8. The Hall–Kier alpha value is -3.67. The molecule has 6 nitrogen and oxygen atoms in total. The van der Waals surface area contributed by atoms with E-state index >= 15 is 0 Å². The van der Waals surface area contributed by atoms with E-state index in [1.807, 2.05) is 48.5 Å². The first-order valence-electron chi connectivity index (χ1n) is 8.15. The van der Waals surface area contributed by atoms with Gasteiger partial charge < -0.3 is 15.0 Å². The Bertz CT molecular complexity index is 1040. The molecule has 4 aromatic rings. The number of rotatable bonds is 6. The van der Waals surface area contributed by atoms with E-state index in [-0.39, 0.29) is 0 Å². The van der Waals surface area contributed by atoms with Crippen LogP contribution in [0.5, 0.6) is 5.75 Å². The van der Waals surface area contributed by atoms with Gasteiger partial charge in [0.05, 0.1) is 16.8 Å². The van der Waals surface area contributed by atoms with Crippen LogP contribution < -0.4 is 10.1 Å². The van der Waals surface area contributed by atoms with Crippen LogP contribution in [0.1, 0.15) is 5.56 Å². The Kier molecular flexibility index (Phi) is 4.30. The number of para-hydroxylation sites is 1. The van der Waals surface area contributed by atoms with E-state index in [1.165, 1.54) is 0 Å². The molecule has 0 fully saturated rings. The average Bonchev–Trinajstić information content (AvgIpc) is 3.13. The summed E-state index contributed by atoms with van der Waals surface area (Å²) in [5, 5.41) is 2.67. The number of aromatic nitrogens is 3. The van der Waals surface area contributed by atoms with E-state index in [4.69, 9.17) is 4.74 Å². The van der Waals surface area contributed by atoms with Crippen LogP contribution in [0.4, 0.5) is 5.69 Å². The number of hydrogen-bond donors (Lipinski definition) is 2. The van der Waals surface area contributed by atoms with E-state index in [0.29, 0.717) is 35.8 Å². The van der Waals surface area contributed by atoms with Crippen molar-refractivity contribution in [3.8, 4) is 17.1 Å². The lowest BCUT2D eigenvalue weighted by Crippen LogP contribution is -1.97. The molecule has 2 aromatic carbocycles. The number of hydrogen-bond acceptors (Lipinski definition) is 4. The van der Waals surface area contributed by atoms with E-state index in [1.54, 1.807) is 18.5 Å². The number of aromatic amines is 1. The summed E-state index contributed by atoms with van der Waals surface area (Å²) in [7, 11) is 0. The average molecular weight is 344 g/mol. The highest BCUT2D eigenvalue weighted by atomic mass is 16.5. The molecule has 0 saturated heterocycles. The maximum Gasteiger partial charge on any atom is 0.211 e. The van der Waals surface area contributed by atoms with Gasteiger partial charge in [0.25, 0.3) is 0 Å². The van der Waals surface area contributed by atoms with Gasteiger partial charge in [-0.15, -0.1) is 0 Å². The zero-order valence-electron chi connectivity index (χ0n) is 13.8. The molecule has 0 saturated carbocycles. The lowest BCUT2D eigenvalue weighted by atomic mass is 10.2. The van der Waals surface area contributed by atoms with Crippen LogP contribution in [0.2, 0.25) is 0 Å². The van der Waals surface area contributed by atoms with Crippen LogP contribution >= 0.6 is 0 Å². The van der Waals surface area contributed by atoms with E-state index in [2.05, 4.69) is 20.3 Å². The van der Waals surface area contributed by atoms with Gasteiger partial charge in [0.2, 0.25) is 6.41 Å². The summed E-state index contributed by atoms with van der Waals surface area (Å²) in [6.45, 7) is 0.454. The van der Waals surface area contributed by atoms with Crippen molar-refractivity contribution in [1.29, 1.82) is 0 Å². The van der Waals surface area contributed by atoms with Crippen LogP contribution in [-0.2, 0) is 11.4 Å². The number of carbonyl (C=O) groups excluding carboxylic acids is 1. The Morgan fingerprint density at radius 2 is 1.96 bits per heavy atom. The van der Waals surface area contributed by atoms with E-state index in [9.17, 15) is 4.79 Å². The van der Waals surface area contributed by atoms with Gasteiger partial charge in [-0.1, -0.05) is 36.4 Å². The van der Waals surface area contributed by atoms with Gasteiger partial charge in [-0.05, 0) is 23.8 Å². The van der Waals surface area contributed by atoms with Crippen LogP contribution in [0.15, 0.2) is 67.0 Å². The van der Waals surface area contributed by atoms with Gasteiger partial charge in [-0.3, -0.25) is 9.78 Å². The number of amides is 1. The molecule has 0 atom stereocenters. The Balaban J connectivity index is 1.69. The van der Waals surface area contributed by atoms with Gasteiger partial charge in [0.1, 0.15) is 23.7 Å². The summed E-state index contributed by atoms with van der Waals surface area (Å²) < 4.78 is 5.98. The highest BCUT2D eigenvalue weighted by molar-refractivity contribution is 5.94. The smallest absolute Gasteiger partial charge is 0.211 e. The third kappa shape index (κ3) is 3.12. The first kappa shape index (κ1) is 15.8. The fourth-order valence-electron chi connectivity index (χ4n) is 2.76.